The van der Waals surface area contributed by atoms with Gasteiger partial charge in [-0.15, -0.1) is 0 Å². The zero-order valence-corrected chi connectivity index (χ0v) is 19.5. The van der Waals surface area contributed by atoms with Crippen molar-refractivity contribution >= 4 is 0 Å². The summed E-state index contributed by atoms with van der Waals surface area (Å²) in [5.41, 5.74) is 0.598. The van der Waals surface area contributed by atoms with Crippen molar-refractivity contribution in [3.63, 3.8) is 0 Å². The van der Waals surface area contributed by atoms with Crippen LogP contribution in [0.3, 0.4) is 0 Å². The lowest BCUT2D eigenvalue weighted by molar-refractivity contribution is -0.203. The average molecular weight is 407 g/mol. The van der Waals surface area contributed by atoms with Crippen LogP contribution in [0.25, 0.3) is 0 Å². The van der Waals surface area contributed by atoms with Crippen LogP contribution >= 0.6 is 0 Å². The Morgan fingerprint density at radius 2 is 1.55 bits per heavy atom. The lowest BCUT2D eigenvalue weighted by Gasteiger charge is -2.64. The van der Waals surface area contributed by atoms with Crippen LogP contribution < -0.4 is 0 Å². The Labute approximate surface area is 178 Å². The zero-order chi connectivity index (χ0) is 21.1. The first kappa shape index (κ1) is 22.1. The maximum Gasteiger partial charge on any atom is 0.0605 e. The molecule has 0 amide bonds. The summed E-state index contributed by atoms with van der Waals surface area (Å²) in [4.78, 5) is 0. The summed E-state index contributed by atoms with van der Waals surface area (Å²) in [6, 6.07) is 0. The highest BCUT2D eigenvalue weighted by atomic mass is 16.3. The van der Waals surface area contributed by atoms with Crippen LogP contribution in [0.2, 0.25) is 0 Å². The van der Waals surface area contributed by atoms with Crippen LogP contribution in [0.1, 0.15) is 92.4 Å². The Bertz CT molecular complexity index is 591. The predicted molar refractivity (Wildman–Crippen MR) is 117 cm³/mol. The maximum absolute atomic E-state index is 11.7. The van der Waals surface area contributed by atoms with E-state index in [0.717, 1.165) is 32.1 Å². The summed E-state index contributed by atoms with van der Waals surface area (Å²) >= 11 is 0. The maximum atomic E-state index is 11.7. The predicted octanol–water partition coefficient (Wildman–Crippen LogP) is 5.02. The van der Waals surface area contributed by atoms with Crippen LogP contribution in [-0.2, 0) is 0 Å². The first-order valence-corrected chi connectivity index (χ1v) is 12.7. The van der Waals surface area contributed by atoms with Gasteiger partial charge in [0.2, 0.25) is 0 Å². The van der Waals surface area contributed by atoms with E-state index in [1.807, 2.05) is 6.92 Å². The van der Waals surface area contributed by atoms with Gasteiger partial charge in [-0.05, 0) is 111 Å². The van der Waals surface area contributed by atoms with Gasteiger partial charge in [0.1, 0.15) is 0 Å². The van der Waals surface area contributed by atoms with Crippen molar-refractivity contribution in [2.75, 3.05) is 0 Å². The molecule has 0 saturated heterocycles. The minimum atomic E-state index is -0.220. The van der Waals surface area contributed by atoms with Gasteiger partial charge in [0.05, 0.1) is 18.3 Å². The third kappa shape index (κ3) is 3.33. The topological polar surface area (TPSA) is 60.7 Å². The van der Waals surface area contributed by atoms with E-state index in [2.05, 4.69) is 27.7 Å². The molecule has 0 aromatic carbocycles. The third-order valence-corrected chi connectivity index (χ3v) is 10.9. The molecule has 0 heterocycles. The van der Waals surface area contributed by atoms with Gasteiger partial charge in [-0.2, -0.15) is 0 Å². The van der Waals surface area contributed by atoms with Gasteiger partial charge in [0.25, 0.3) is 0 Å². The van der Waals surface area contributed by atoms with E-state index in [1.165, 1.54) is 25.7 Å². The number of aliphatic hydroxyl groups is 3. The molecule has 3 N–H and O–H groups in total. The number of hydrogen-bond acceptors (Lipinski definition) is 3. The molecule has 29 heavy (non-hydrogen) atoms. The minimum absolute atomic E-state index is 0.170. The van der Waals surface area contributed by atoms with Crippen molar-refractivity contribution in [2.24, 2.45) is 52.3 Å². The molecule has 4 saturated carbocycles. The summed E-state index contributed by atoms with van der Waals surface area (Å²) in [6.45, 7) is 11.6. The van der Waals surface area contributed by atoms with E-state index in [1.54, 1.807) is 0 Å². The molecule has 3 heteroatoms. The molecule has 168 valence electrons. The summed E-state index contributed by atoms with van der Waals surface area (Å²) in [7, 11) is 0. The summed E-state index contributed by atoms with van der Waals surface area (Å²) in [5, 5.41) is 32.1. The number of rotatable bonds is 4. The van der Waals surface area contributed by atoms with Crippen molar-refractivity contribution in [3.05, 3.63) is 0 Å². The van der Waals surface area contributed by atoms with Crippen LogP contribution in [0.15, 0.2) is 0 Å². The Morgan fingerprint density at radius 3 is 2.21 bits per heavy atom. The van der Waals surface area contributed by atoms with Gasteiger partial charge < -0.3 is 15.3 Å². The molecule has 3 nitrogen and oxygen atoms in total. The third-order valence-electron chi connectivity index (χ3n) is 10.9. The molecule has 0 aromatic rings. The fraction of sp³-hybridized carbons (Fsp3) is 1.00. The molecule has 0 radical (unpaired) electrons. The van der Waals surface area contributed by atoms with Gasteiger partial charge in [0, 0.05) is 0 Å². The standard InChI is InChI=1S/C26H46O3/c1-6-18-22-14-17(28)9-11-26(22,5)21-10-12-25(4)19(15(2)13-16(3)27)7-8-20(25)23(21)24(18)29/h15-24,27-29H,6-14H2,1-5H3/t15-,16+,17-,18-,19-,20?,21?,22+,23?,24-,25-,26-/m1/s1. The second-order valence-corrected chi connectivity index (χ2v) is 12.2. The Kier molecular flexibility index (Phi) is 5.93. The second-order valence-electron chi connectivity index (χ2n) is 12.2. The van der Waals surface area contributed by atoms with E-state index in [-0.39, 0.29) is 23.7 Å². The lowest BCUT2D eigenvalue weighted by Crippen LogP contribution is -2.62. The molecular formula is C26H46O3. The van der Waals surface area contributed by atoms with Gasteiger partial charge >= 0.3 is 0 Å². The average Bonchev–Trinajstić information content (AvgIpc) is 3.00. The summed E-state index contributed by atoms with van der Waals surface area (Å²) in [5.74, 6) is 3.71. The molecule has 0 spiro atoms. The van der Waals surface area contributed by atoms with Crippen molar-refractivity contribution in [1.29, 1.82) is 0 Å². The lowest BCUT2D eigenvalue weighted by atomic mass is 9.41. The second kappa shape index (κ2) is 7.78. The first-order chi connectivity index (χ1) is 13.6. The molecule has 12 atom stereocenters. The molecule has 4 rings (SSSR count). The molecule has 0 bridgehead atoms. The molecule has 0 aromatic heterocycles. The summed E-state index contributed by atoms with van der Waals surface area (Å²) in [6.07, 6.45) is 9.35. The van der Waals surface area contributed by atoms with Crippen LogP contribution in [-0.4, -0.2) is 33.6 Å². The highest BCUT2D eigenvalue weighted by Gasteiger charge is 2.64. The molecule has 4 aliphatic rings. The Morgan fingerprint density at radius 1 is 0.897 bits per heavy atom. The monoisotopic (exact) mass is 406 g/mol. The SMILES string of the molecule is CC[C@H]1[C@@H](O)C2C3CC[C@H]([C@H](C)C[C@H](C)O)[C@@]3(C)CCC2[C@@]2(C)CC[C@@H](O)C[C@@H]12. The van der Waals surface area contributed by atoms with Crippen molar-refractivity contribution in [1.82, 2.24) is 0 Å². The fourth-order valence-corrected chi connectivity index (χ4v) is 9.63. The van der Waals surface area contributed by atoms with Crippen molar-refractivity contribution < 1.29 is 15.3 Å². The highest BCUT2D eigenvalue weighted by molar-refractivity contribution is 5.13. The summed E-state index contributed by atoms with van der Waals surface area (Å²) < 4.78 is 0. The molecule has 4 aliphatic carbocycles. The quantitative estimate of drug-likeness (QED) is 0.614. The smallest absolute Gasteiger partial charge is 0.0605 e. The van der Waals surface area contributed by atoms with Crippen molar-refractivity contribution in [2.45, 2.75) is 111 Å². The fourth-order valence-electron chi connectivity index (χ4n) is 9.63. The normalized spacial score (nSPS) is 54.2. The van der Waals surface area contributed by atoms with Crippen LogP contribution in [0, 0.1) is 52.3 Å². The van der Waals surface area contributed by atoms with E-state index in [0.29, 0.717) is 46.8 Å². The highest BCUT2D eigenvalue weighted by Crippen LogP contribution is 2.69. The minimum Gasteiger partial charge on any atom is -0.393 e. The van der Waals surface area contributed by atoms with Gasteiger partial charge in [0.15, 0.2) is 0 Å². The Hall–Kier alpha value is -0.120. The molecule has 3 unspecified atom stereocenters. The molecule has 0 aliphatic heterocycles. The largest absolute Gasteiger partial charge is 0.393 e. The number of aliphatic hydroxyl groups excluding tert-OH is 3. The van der Waals surface area contributed by atoms with E-state index < -0.39 is 0 Å². The molecular weight excluding hydrogens is 360 g/mol. The van der Waals surface area contributed by atoms with Crippen LogP contribution in [0.5, 0.6) is 0 Å². The van der Waals surface area contributed by atoms with Gasteiger partial charge in [-0.1, -0.05) is 34.1 Å². The zero-order valence-electron chi connectivity index (χ0n) is 19.5. The first-order valence-electron chi connectivity index (χ1n) is 12.7. The van der Waals surface area contributed by atoms with E-state index in [9.17, 15) is 15.3 Å². The number of hydrogen-bond donors (Lipinski definition) is 3. The van der Waals surface area contributed by atoms with Crippen LogP contribution in [0.4, 0.5) is 0 Å². The number of fused-ring (bicyclic) bond motifs is 5. The Balaban J connectivity index is 1.65. The molecule has 4 fully saturated rings. The van der Waals surface area contributed by atoms with E-state index >= 15 is 0 Å². The van der Waals surface area contributed by atoms with Gasteiger partial charge in [-0.25, -0.2) is 0 Å². The van der Waals surface area contributed by atoms with Gasteiger partial charge in [-0.3, -0.25) is 0 Å². The van der Waals surface area contributed by atoms with Crippen molar-refractivity contribution in [3.8, 4) is 0 Å². The van der Waals surface area contributed by atoms with E-state index in [4.69, 9.17) is 0 Å².